The molecule has 0 unspecified atom stereocenters. The van der Waals surface area contributed by atoms with Gasteiger partial charge in [0.2, 0.25) is 5.78 Å². The van der Waals surface area contributed by atoms with Crippen LogP contribution in [-0.2, 0) is 4.79 Å². The molecule has 106 valence electrons. The number of hydrogen-bond donors (Lipinski definition) is 0. The van der Waals surface area contributed by atoms with Gasteiger partial charge in [-0.05, 0) is 50.1 Å². The number of nitrogens with zero attached hydrogens (tertiary/aromatic N) is 2. The van der Waals surface area contributed by atoms with Gasteiger partial charge in [0, 0.05) is 17.7 Å². The third kappa shape index (κ3) is 3.59. The van der Waals surface area contributed by atoms with Gasteiger partial charge in [0.1, 0.15) is 0 Å². The van der Waals surface area contributed by atoms with Gasteiger partial charge < -0.3 is 0 Å². The predicted octanol–water partition coefficient (Wildman–Crippen LogP) is 3.32. The molecule has 0 fully saturated rings. The third-order valence-electron chi connectivity index (χ3n) is 2.52. The first-order valence-electron chi connectivity index (χ1n) is 5.55. The molecule has 0 bridgehead atoms. The fraction of sp³-hybridized carbons (Fsp3) is 0. The van der Waals surface area contributed by atoms with Gasteiger partial charge in [-0.15, -0.1) is 0 Å². The van der Waals surface area contributed by atoms with Gasteiger partial charge in [-0.2, -0.15) is 0 Å². The molecule has 8 heteroatoms. The fourth-order valence-corrected chi connectivity index (χ4v) is 2.71. The maximum atomic E-state index is 12.0. The Kier molecular flexibility index (Phi) is 4.59. The minimum atomic E-state index is -0.629. The SMILES string of the molecule is O=C1C(Br)=CC(=NC(=O)c2cccc([N+](=O)[O-])c2)C=C1Br. The Hall–Kier alpha value is -1.93. The van der Waals surface area contributed by atoms with Crippen LogP contribution >= 0.6 is 31.9 Å². The van der Waals surface area contributed by atoms with E-state index in [0.717, 1.165) is 6.07 Å². The molecule has 0 radical (unpaired) electrons. The number of Topliss-reactive ketones (excluding diaryl/α,β-unsaturated/α-hetero) is 1. The number of rotatable bonds is 2. The van der Waals surface area contributed by atoms with Gasteiger partial charge >= 0.3 is 0 Å². The standard InChI is InChI=1S/C13H6Br2N2O4/c14-10-5-8(6-11(15)12(10)18)16-13(19)7-2-1-3-9(4-7)17(20)21/h1-6H. The first kappa shape index (κ1) is 15.5. The van der Waals surface area contributed by atoms with Crippen LogP contribution in [0.5, 0.6) is 0 Å². The first-order valence-corrected chi connectivity index (χ1v) is 7.13. The monoisotopic (exact) mass is 412 g/mol. The van der Waals surface area contributed by atoms with E-state index in [0.29, 0.717) is 0 Å². The number of halogens is 2. The van der Waals surface area contributed by atoms with E-state index >= 15 is 0 Å². The molecular weight excluding hydrogens is 408 g/mol. The molecule has 1 aliphatic rings. The lowest BCUT2D eigenvalue weighted by molar-refractivity contribution is -0.384. The summed E-state index contributed by atoms with van der Waals surface area (Å²) in [6, 6.07) is 5.28. The molecule has 2 rings (SSSR count). The van der Waals surface area contributed by atoms with Crippen molar-refractivity contribution >= 4 is 54.9 Å². The molecule has 0 aromatic heterocycles. The lowest BCUT2D eigenvalue weighted by Gasteiger charge is -2.05. The van der Waals surface area contributed by atoms with Crippen molar-refractivity contribution < 1.29 is 14.5 Å². The van der Waals surface area contributed by atoms with Gasteiger partial charge in [0.05, 0.1) is 19.6 Å². The topological polar surface area (TPSA) is 89.6 Å². The Morgan fingerprint density at radius 1 is 1.19 bits per heavy atom. The van der Waals surface area contributed by atoms with E-state index in [1.807, 2.05) is 0 Å². The molecule has 0 atom stereocenters. The van der Waals surface area contributed by atoms with Crippen LogP contribution in [0.1, 0.15) is 10.4 Å². The average Bonchev–Trinajstić information content (AvgIpc) is 2.44. The Balaban J connectivity index is 2.34. The van der Waals surface area contributed by atoms with Crippen LogP contribution in [0.25, 0.3) is 0 Å². The molecule has 1 amide bonds. The maximum absolute atomic E-state index is 12.0. The zero-order valence-corrected chi connectivity index (χ0v) is 13.4. The number of nitro groups is 1. The number of nitro benzene ring substituents is 1. The summed E-state index contributed by atoms with van der Waals surface area (Å²) in [5.74, 6) is -0.882. The molecular formula is C13H6Br2N2O4. The molecule has 6 nitrogen and oxygen atoms in total. The van der Waals surface area contributed by atoms with Gasteiger partial charge in [-0.1, -0.05) is 6.07 Å². The number of amides is 1. The number of carbonyl (C=O) groups is 2. The summed E-state index contributed by atoms with van der Waals surface area (Å²) in [5, 5.41) is 10.7. The van der Waals surface area contributed by atoms with E-state index in [4.69, 9.17) is 0 Å². The van der Waals surface area contributed by atoms with E-state index in [1.165, 1.54) is 30.4 Å². The number of carbonyl (C=O) groups excluding carboxylic acids is 2. The van der Waals surface area contributed by atoms with Crippen molar-refractivity contribution in [3.63, 3.8) is 0 Å². The van der Waals surface area contributed by atoms with E-state index in [2.05, 4.69) is 36.9 Å². The van der Waals surface area contributed by atoms with Crippen LogP contribution in [0.3, 0.4) is 0 Å². The smallest absolute Gasteiger partial charge is 0.277 e. The second-order valence-corrected chi connectivity index (χ2v) is 5.67. The largest absolute Gasteiger partial charge is 0.287 e. The summed E-state index contributed by atoms with van der Waals surface area (Å²) >= 11 is 6.14. The predicted molar refractivity (Wildman–Crippen MR) is 83.9 cm³/mol. The molecule has 1 aliphatic carbocycles. The normalized spacial score (nSPS) is 14.4. The van der Waals surface area contributed by atoms with Crippen molar-refractivity contribution in [1.82, 2.24) is 0 Å². The Morgan fingerprint density at radius 3 is 2.38 bits per heavy atom. The lowest BCUT2D eigenvalue weighted by Crippen LogP contribution is -2.09. The van der Waals surface area contributed by atoms with Crippen molar-refractivity contribution in [2.45, 2.75) is 0 Å². The van der Waals surface area contributed by atoms with Gasteiger partial charge in [0.15, 0.2) is 0 Å². The van der Waals surface area contributed by atoms with Crippen molar-refractivity contribution in [3.8, 4) is 0 Å². The minimum Gasteiger partial charge on any atom is -0.287 e. The van der Waals surface area contributed by atoms with E-state index in [1.54, 1.807) is 0 Å². The third-order valence-corrected chi connectivity index (χ3v) is 3.70. The molecule has 1 aromatic carbocycles. The maximum Gasteiger partial charge on any atom is 0.277 e. The van der Waals surface area contributed by atoms with E-state index in [9.17, 15) is 19.7 Å². The van der Waals surface area contributed by atoms with E-state index in [-0.39, 0.29) is 31.7 Å². The van der Waals surface area contributed by atoms with Crippen LogP contribution in [-0.4, -0.2) is 22.3 Å². The summed E-state index contributed by atoms with van der Waals surface area (Å²) in [6.07, 6.45) is 2.81. The van der Waals surface area contributed by atoms with Crippen molar-refractivity contribution in [2.24, 2.45) is 4.99 Å². The first-order chi connectivity index (χ1) is 9.88. The number of benzene rings is 1. The highest BCUT2D eigenvalue weighted by atomic mass is 79.9. The minimum absolute atomic E-state index is 0.0997. The quantitative estimate of drug-likeness (QED) is 0.422. The zero-order chi connectivity index (χ0) is 15.6. The molecule has 0 heterocycles. The number of aliphatic imine (C=N–C) groups is 1. The van der Waals surface area contributed by atoms with Crippen LogP contribution < -0.4 is 0 Å². The van der Waals surface area contributed by atoms with Crippen LogP contribution in [0.15, 0.2) is 50.4 Å². The second-order valence-electron chi connectivity index (χ2n) is 3.96. The molecule has 21 heavy (non-hydrogen) atoms. The van der Waals surface area contributed by atoms with Crippen LogP contribution in [0.2, 0.25) is 0 Å². The molecule has 0 N–H and O–H groups in total. The van der Waals surface area contributed by atoms with Gasteiger partial charge in [-0.3, -0.25) is 19.7 Å². The molecule has 0 saturated carbocycles. The summed E-state index contributed by atoms with van der Waals surface area (Å²) in [6.45, 7) is 0. The van der Waals surface area contributed by atoms with Crippen LogP contribution in [0, 0.1) is 10.1 Å². The zero-order valence-electron chi connectivity index (χ0n) is 10.2. The highest BCUT2D eigenvalue weighted by Gasteiger charge is 2.18. The lowest BCUT2D eigenvalue weighted by atomic mass is 10.1. The highest BCUT2D eigenvalue weighted by Crippen LogP contribution is 2.23. The molecule has 0 spiro atoms. The number of hydrogen-bond acceptors (Lipinski definition) is 4. The van der Waals surface area contributed by atoms with Crippen molar-refractivity contribution in [1.29, 1.82) is 0 Å². The van der Waals surface area contributed by atoms with Crippen LogP contribution in [0.4, 0.5) is 5.69 Å². The molecule has 0 aliphatic heterocycles. The van der Waals surface area contributed by atoms with E-state index < -0.39 is 10.8 Å². The number of non-ortho nitro benzene ring substituents is 1. The van der Waals surface area contributed by atoms with Crippen molar-refractivity contribution in [3.05, 3.63) is 61.1 Å². The summed E-state index contributed by atoms with van der Waals surface area (Å²) in [7, 11) is 0. The second kappa shape index (κ2) is 6.23. The summed E-state index contributed by atoms with van der Waals surface area (Å²) < 4.78 is 0.532. The molecule has 0 saturated heterocycles. The van der Waals surface area contributed by atoms with Gasteiger partial charge in [-0.25, -0.2) is 4.99 Å². The molecule has 1 aromatic rings. The van der Waals surface area contributed by atoms with Crippen molar-refractivity contribution in [2.75, 3.05) is 0 Å². The number of allylic oxidation sites excluding steroid dienone is 4. The summed E-state index contributed by atoms with van der Waals surface area (Å²) in [5.41, 5.74) is 0.181. The Labute approximate surface area is 135 Å². The highest BCUT2D eigenvalue weighted by molar-refractivity contribution is 9.13. The Bertz CT molecular complexity index is 726. The fourth-order valence-electron chi connectivity index (χ4n) is 1.55. The summed E-state index contributed by atoms with van der Waals surface area (Å²) in [4.78, 5) is 37.4. The Morgan fingerprint density at radius 2 is 1.81 bits per heavy atom. The van der Waals surface area contributed by atoms with Gasteiger partial charge in [0.25, 0.3) is 11.6 Å². The average molecular weight is 414 g/mol. The number of ketones is 1.